The summed E-state index contributed by atoms with van der Waals surface area (Å²) in [7, 11) is 0. The van der Waals surface area contributed by atoms with Crippen LogP contribution >= 0.6 is 11.3 Å². The highest BCUT2D eigenvalue weighted by Gasteiger charge is 2.17. The lowest BCUT2D eigenvalue weighted by Gasteiger charge is -2.22. The summed E-state index contributed by atoms with van der Waals surface area (Å²) < 4.78 is 5.43. The van der Waals surface area contributed by atoms with Gasteiger partial charge in [-0.25, -0.2) is 0 Å². The minimum Gasteiger partial charge on any atom is -0.504 e. The SMILES string of the molecule is CCOc1cccc(CNC(c2cccs2)C(C)C)c1O. The predicted molar refractivity (Wildman–Crippen MR) is 88.0 cm³/mol. The van der Waals surface area contributed by atoms with E-state index in [1.54, 1.807) is 17.4 Å². The number of hydrogen-bond donors (Lipinski definition) is 2. The van der Waals surface area contributed by atoms with Crippen molar-refractivity contribution < 1.29 is 9.84 Å². The molecule has 0 amide bonds. The van der Waals surface area contributed by atoms with E-state index in [-0.39, 0.29) is 5.75 Å². The van der Waals surface area contributed by atoms with E-state index >= 15 is 0 Å². The van der Waals surface area contributed by atoms with Gasteiger partial charge in [-0.05, 0) is 30.4 Å². The summed E-state index contributed by atoms with van der Waals surface area (Å²) in [6.45, 7) is 7.49. The molecule has 1 aromatic carbocycles. The van der Waals surface area contributed by atoms with Gasteiger partial charge in [0, 0.05) is 23.0 Å². The van der Waals surface area contributed by atoms with Gasteiger partial charge in [0.15, 0.2) is 11.5 Å². The van der Waals surface area contributed by atoms with Gasteiger partial charge < -0.3 is 15.2 Å². The molecule has 0 radical (unpaired) electrons. The Morgan fingerprint density at radius 1 is 1.24 bits per heavy atom. The number of hydrogen-bond acceptors (Lipinski definition) is 4. The highest BCUT2D eigenvalue weighted by atomic mass is 32.1. The molecule has 2 N–H and O–H groups in total. The lowest BCUT2D eigenvalue weighted by molar-refractivity contribution is 0.315. The zero-order valence-electron chi connectivity index (χ0n) is 12.8. The van der Waals surface area contributed by atoms with Crippen LogP contribution in [-0.4, -0.2) is 11.7 Å². The lowest BCUT2D eigenvalue weighted by Crippen LogP contribution is -2.24. The molecule has 2 rings (SSSR count). The summed E-state index contributed by atoms with van der Waals surface area (Å²) in [4.78, 5) is 1.32. The minimum absolute atomic E-state index is 0.237. The third kappa shape index (κ3) is 3.99. The van der Waals surface area contributed by atoms with Crippen molar-refractivity contribution in [3.05, 3.63) is 46.2 Å². The minimum atomic E-state index is 0.237. The highest BCUT2D eigenvalue weighted by Crippen LogP contribution is 2.31. The molecule has 114 valence electrons. The first kappa shape index (κ1) is 15.9. The molecule has 0 aliphatic carbocycles. The van der Waals surface area contributed by atoms with Crippen LogP contribution in [0.15, 0.2) is 35.7 Å². The summed E-state index contributed by atoms with van der Waals surface area (Å²) in [5.41, 5.74) is 0.864. The molecular weight excluding hydrogens is 282 g/mol. The maximum absolute atomic E-state index is 10.2. The molecule has 1 atom stereocenters. The maximum Gasteiger partial charge on any atom is 0.162 e. The average molecular weight is 305 g/mol. The van der Waals surface area contributed by atoms with Gasteiger partial charge in [-0.15, -0.1) is 11.3 Å². The van der Waals surface area contributed by atoms with Crippen molar-refractivity contribution >= 4 is 11.3 Å². The van der Waals surface area contributed by atoms with E-state index in [9.17, 15) is 5.11 Å². The Labute approximate surface area is 130 Å². The number of ether oxygens (including phenoxy) is 1. The third-order valence-corrected chi connectivity index (χ3v) is 4.37. The van der Waals surface area contributed by atoms with E-state index in [2.05, 4.69) is 36.7 Å². The molecule has 3 nitrogen and oxygen atoms in total. The van der Waals surface area contributed by atoms with Gasteiger partial charge in [-0.2, -0.15) is 0 Å². The number of para-hydroxylation sites is 1. The first-order chi connectivity index (χ1) is 10.1. The molecule has 1 aromatic heterocycles. The van der Waals surface area contributed by atoms with E-state index in [1.165, 1.54) is 4.88 Å². The van der Waals surface area contributed by atoms with Gasteiger partial charge in [0.2, 0.25) is 0 Å². The van der Waals surface area contributed by atoms with E-state index in [0.29, 0.717) is 30.9 Å². The van der Waals surface area contributed by atoms with Gasteiger partial charge in [0.1, 0.15) is 0 Å². The molecule has 1 heterocycles. The molecule has 0 fully saturated rings. The average Bonchev–Trinajstić information content (AvgIpc) is 2.96. The van der Waals surface area contributed by atoms with Gasteiger partial charge in [0.05, 0.1) is 6.61 Å². The maximum atomic E-state index is 10.2. The fraction of sp³-hybridized carbons (Fsp3) is 0.412. The quantitative estimate of drug-likeness (QED) is 0.799. The molecule has 0 aliphatic rings. The number of benzene rings is 1. The Hall–Kier alpha value is -1.52. The summed E-state index contributed by atoms with van der Waals surface area (Å²) in [5, 5.41) is 15.9. The molecule has 0 spiro atoms. The topological polar surface area (TPSA) is 41.5 Å². The second-order valence-corrected chi connectivity index (χ2v) is 6.29. The van der Waals surface area contributed by atoms with Crippen molar-refractivity contribution in [1.29, 1.82) is 0 Å². The first-order valence-electron chi connectivity index (χ1n) is 7.34. The van der Waals surface area contributed by atoms with Gasteiger partial charge in [-0.3, -0.25) is 0 Å². The van der Waals surface area contributed by atoms with Crippen molar-refractivity contribution in [2.45, 2.75) is 33.4 Å². The standard InChI is InChI=1S/C17H23NO2S/c1-4-20-14-8-5-7-13(17(14)19)11-18-16(12(2)3)15-9-6-10-21-15/h5-10,12,16,18-19H,4,11H2,1-3H3. The van der Waals surface area contributed by atoms with Crippen LogP contribution in [0.3, 0.4) is 0 Å². The number of phenols is 1. The summed E-state index contributed by atoms with van der Waals surface area (Å²) in [5.74, 6) is 1.27. The van der Waals surface area contributed by atoms with Crippen molar-refractivity contribution in [2.24, 2.45) is 5.92 Å². The molecule has 0 aliphatic heterocycles. The fourth-order valence-corrected chi connectivity index (χ4v) is 3.31. The van der Waals surface area contributed by atoms with Crippen molar-refractivity contribution in [3.63, 3.8) is 0 Å². The second-order valence-electron chi connectivity index (χ2n) is 5.31. The van der Waals surface area contributed by atoms with E-state index in [0.717, 1.165) is 5.56 Å². The van der Waals surface area contributed by atoms with Crippen LogP contribution in [0.5, 0.6) is 11.5 Å². The Morgan fingerprint density at radius 3 is 2.67 bits per heavy atom. The molecular formula is C17H23NO2S. The number of rotatable bonds is 7. The van der Waals surface area contributed by atoms with E-state index in [4.69, 9.17) is 4.74 Å². The van der Waals surface area contributed by atoms with Crippen LogP contribution in [0.25, 0.3) is 0 Å². The Balaban J connectivity index is 2.09. The smallest absolute Gasteiger partial charge is 0.162 e. The van der Waals surface area contributed by atoms with E-state index in [1.807, 2.05) is 19.1 Å². The summed E-state index contributed by atoms with van der Waals surface area (Å²) >= 11 is 1.76. The summed E-state index contributed by atoms with van der Waals surface area (Å²) in [6.07, 6.45) is 0. The third-order valence-electron chi connectivity index (χ3n) is 3.41. The van der Waals surface area contributed by atoms with Gasteiger partial charge in [0.25, 0.3) is 0 Å². The molecule has 21 heavy (non-hydrogen) atoms. The monoisotopic (exact) mass is 305 g/mol. The van der Waals surface area contributed by atoms with Crippen LogP contribution in [0.1, 0.15) is 37.3 Å². The Bertz CT molecular complexity index is 552. The zero-order valence-corrected chi connectivity index (χ0v) is 13.6. The van der Waals surface area contributed by atoms with Gasteiger partial charge >= 0.3 is 0 Å². The molecule has 2 aromatic rings. The van der Waals surface area contributed by atoms with E-state index < -0.39 is 0 Å². The van der Waals surface area contributed by atoms with Crippen molar-refractivity contribution in [2.75, 3.05) is 6.61 Å². The number of thiophene rings is 1. The van der Waals surface area contributed by atoms with Crippen LogP contribution in [-0.2, 0) is 6.54 Å². The Kier molecular flexibility index (Phi) is 5.65. The number of aromatic hydroxyl groups is 1. The molecule has 0 bridgehead atoms. The first-order valence-corrected chi connectivity index (χ1v) is 8.21. The van der Waals surface area contributed by atoms with Gasteiger partial charge in [-0.1, -0.05) is 32.0 Å². The second kappa shape index (κ2) is 7.48. The molecule has 0 saturated carbocycles. The molecule has 1 unspecified atom stereocenters. The van der Waals surface area contributed by atoms with Crippen LogP contribution < -0.4 is 10.1 Å². The zero-order chi connectivity index (χ0) is 15.2. The Morgan fingerprint density at radius 2 is 2.05 bits per heavy atom. The largest absolute Gasteiger partial charge is 0.504 e. The highest BCUT2D eigenvalue weighted by molar-refractivity contribution is 7.10. The van der Waals surface area contributed by atoms with Crippen LogP contribution in [0, 0.1) is 5.92 Å². The normalized spacial score (nSPS) is 12.6. The van der Waals surface area contributed by atoms with Crippen molar-refractivity contribution in [3.8, 4) is 11.5 Å². The predicted octanol–water partition coefficient (Wildman–Crippen LogP) is 4.34. The number of phenolic OH excluding ortho intramolecular Hbond substituents is 1. The fourth-order valence-electron chi connectivity index (χ4n) is 2.34. The number of nitrogens with one attached hydrogen (secondary N) is 1. The van der Waals surface area contributed by atoms with Crippen LogP contribution in [0.2, 0.25) is 0 Å². The summed E-state index contributed by atoms with van der Waals surface area (Å²) in [6, 6.07) is 10.2. The lowest BCUT2D eigenvalue weighted by atomic mass is 10.0. The van der Waals surface area contributed by atoms with Crippen LogP contribution in [0.4, 0.5) is 0 Å². The molecule has 4 heteroatoms. The molecule has 0 saturated heterocycles. The van der Waals surface area contributed by atoms with Crippen molar-refractivity contribution in [1.82, 2.24) is 5.32 Å².